The van der Waals surface area contributed by atoms with Gasteiger partial charge in [-0.3, -0.25) is 32.3 Å². The topological polar surface area (TPSA) is 163 Å². The highest BCUT2D eigenvalue weighted by Gasteiger charge is 2.65. The van der Waals surface area contributed by atoms with Crippen LogP contribution in [0.15, 0.2) is 41.3 Å². The molecule has 0 bridgehead atoms. The molecule has 42 heavy (non-hydrogen) atoms. The molecule has 4 heterocycles. The normalized spacial score (nSPS) is 33.0. The van der Waals surface area contributed by atoms with Gasteiger partial charge in [-0.05, 0) is 37.6 Å². The number of alkyl halides is 2. The van der Waals surface area contributed by atoms with Crippen molar-refractivity contribution in [2.24, 2.45) is 0 Å². The van der Waals surface area contributed by atoms with E-state index in [1.807, 2.05) is 0 Å². The number of aromatic nitrogens is 2. The molecule has 0 aliphatic carbocycles. The van der Waals surface area contributed by atoms with Crippen molar-refractivity contribution in [3.05, 3.63) is 57.6 Å². The van der Waals surface area contributed by atoms with Gasteiger partial charge in [-0.15, -0.1) is 0 Å². The Kier molecular flexibility index (Phi) is 8.93. The second-order valence-electron chi connectivity index (χ2n) is 9.35. The third-order valence-corrected chi connectivity index (χ3v) is 9.67. The van der Waals surface area contributed by atoms with Crippen LogP contribution in [-0.4, -0.2) is 59.6 Å². The van der Waals surface area contributed by atoms with Crippen LogP contribution in [-0.2, 0) is 46.0 Å². The number of hydrogen-bond donors (Lipinski definition) is 1. The lowest BCUT2D eigenvalue weighted by atomic mass is 10.1. The second-order valence-corrected chi connectivity index (χ2v) is 13.1. The van der Waals surface area contributed by atoms with Crippen molar-refractivity contribution in [3.63, 3.8) is 0 Å². The van der Waals surface area contributed by atoms with Crippen molar-refractivity contribution in [1.29, 1.82) is 0 Å². The van der Waals surface area contributed by atoms with Crippen LogP contribution >= 0.6 is 27.2 Å². The highest BCUT2D eigenvalue weighted by Crippen LogP contribution is 2.60. The summed E-state index contributed by atoms with van der Waals surface area (Å²) in [4.78, 5) is 28.3. The fourth-order valence-electron chi connectivity index (χ4n) is 4.44. The summed E-state index contributed by atoms with van der Waals surface area (Å²) >= 11 is 6.03. The Morgan fingerprint density at radius 3 is 2.79 bits per heavy atom. The zero-order chi connectivity index (χ0) is 30.3. The van der Waals surface area contributed by atoms with Gasteiger partial charge in [-0.2, -0.15) is 13.8 Å². The summed E-state index contributed by atoms with van der Waals surface area (Å²) in [5.41, 5.74) is -0.538. The van der Waals surface area contributed by atoms with Gasteiger partial charge in [-0.1, -0.05) is 23.7 Å². The number of halogens is 3. The van der Waals surface area contributed by atoms with Gasteiger partial charge in [-0.25, -0.2) is 18.7 Å². The fraction of sp³-hybridized carbons (Fsp3) is 0.522. The van der Waals surface area contributed by atoms with E-state index in [9.17, 15) is 18.7 Å². The van der Waals surface area contributed by atoms with Gasteiger partial charge in [0.15, 0.2) is 12.2 Å². The Bertz CT molecular complexity index is 1500. The van der Waals surface area contributed by atoms with Gasteiger partial charge in [0.2, 0.25) is 6.23 Å². The highest BCUT2D eigenvalue weighted by atomic mass is 35.5. The number of esters is 1. The number of nitrogens with zero attached hydrogens (tertiary/aromatic N) is 2. The van der Waals surface area contributed by atoms with Gasteiger partial charge in [0.05, 0.1) is 25.9 Å². The third-order valence-electron chi connectivity index (χ3n) is 6.36. The fourth-order valence-corrected chi connectivity index (χ4v) is 7.65. The highest BCUT2D eigenvalue weighted by molar-refractivity contribution is 7.55. The predicted molar refractivity (Wildman–Crippen MR) is 140 cm³/mol. The molecule has 4 unspecified atom stereocenters. The molecule has 0 amide bonds. The molecular weight excluding hydrogens is 630 g/mol. The molecule has 3 saturated heterocycles. The lowest BCUT2D eigenvalue weighted by Gasteiger charge is -2.32. The van der Waals surface area contributed by atoms with Crippen molar-refractivity contribution >= 4 is 39.0 Å². The Labute approximate surface area is 242 Å². The average molecular weight is 656 g/mol. The zero-order valence-electron chi connectivity index (χ0n) is 22.1. The Morgan fingerprint density at radius 1 is 1.29 bits per heavy atom. The van der Waals surface area contributed by atoms with Crippen LogP contribution in [0.1, 0.15) is 38.2 Å². The van der Waals surface area contributed by atoms with Crippen molar-refractivity contribution in [1.82, 2.24) is 9.55 Å². The lowest BCUT2D eigenvalue weighted by molar-refractivity contribution is -0.155. The summed E-state index contributed by atoms with van der Waals surface area (Å²) in [6.45, 7) is 2.15. The number of fused-ring (bicyclic) bond motifs is 1. The molecule has 3 aliphatic heterocycles. The first kappa shape index (κ1) is 31.2. The molecule has 3 aliphatic rings. The van der Waals surface area contributed by atoms with Crippen LogP contribution in [0.3, 0.4) is 0 Å². The molecule has 14 nitrogen and oxygen atoms in total. The summed E-state index contributed by atoms with van der Waals surface area (Å²) in [5, 5.41) is 2.90. The summed E-state index contributed by atoms with van der Waals surface area (Å²) < 4.78 is 93.5. The van der Waals surface area contributed by atoms with Gasteiger partial charge >= 0.3 is 33.2 Å². The third kappa shape index (κ3) is 6.47. The number of phosphoric acid groups is 1. The van der Waals surface area contributed by atoms with E-state index in [2.05, 4.69) is 10.1 Å². The molecule has 0 spiro atoms. The molecule has 1 aromatic heterocycles. The van der Waals surface area contributed by atoms with Gasteiger partial charge in [0, 0.05) is 17.6 Å². The Morgan fingerprint density at radius 2 is 2.07 bits per heavy atom. The van der Waals surface area contributed by atoms with E-state index < -0.39 is 70.4 Å². The van der Waals surface area contributed by atoms with Gasteiger partial charge in [0.1, 0.15) is 11.9 Å². The van der Waals surface area contributed by atoms with Crippen molar-refractivity contribution in [2.45, 2.75) is 56.8 Å². The molecular formula is C23H26ClF2N3O11P2. The van der Waals surface area contributed by atoms with Crippen LogP contribution < -0.4 is 10.8 Å². The second kappa shape index (κ2) is 12.0. The van der Waals surface area contributed by atoms with Crippen LogP contribution in [0.2, 0.25) is 5.02 Å². The number of benzene rings is 1. The zero-order valence-corrected chi connectivity index (χ0v) is 24.6. The van der Waals surface area contributed by atoms with Crippen LogP contribution in [0, 0.1) is 0 Å². The summed E-state index contributed by atoms with van der Waals surface area (Å²) in [6.07, 6.45) is -6.57. The number of carbonyl (C=O) groups excluding carboxylic acids is 1. The maximum absolute atomic E-state index is 15.5. The van der Waals surface area contributed by atoms with Crippen LogP contribution in [0.25, 0.3) is 0 Å². The first-order valence-corrected chi connectivity index (χ1v) is 16.1. The molecule has 19 heteroatoms. The molecule has 0 radical (unpaired) electrons. The van der Waals surface area contributed by atoms with E-state index in [-0.39, 0.29) is 19.0 Å². The Balaban J connectivity index is 1.29. The largest absolute Gasteiger partial charge is 0.476 e. The molecule has 2 aromatic rings. The monoisotopic (exact) mass is 655 g/mol. The molecule has 230 valence electrons. The molecule has 1 aromatic carbocycles. The van der Waals surface area contributed by atoms with E-state index >= 15 is 8.78 Å². The Hall–Kier alpha value is -2.26. The number of phosphoric ester groups is 1. The number of anilines is 1. The molecule has 5 rings (SSSR count). The molecule has 3 fully saturated rings. The number of rotatable bonds is 8. The van der Waals surface area contributed by atoms with Crippen molar-refractivity contribution in [3.8, 4) is 0 Å². The minimum Gasteiger partial charge on any atom is -0.464 e. The smallest absolute Gasteiger partial charge is 0.464 e. The van der Waals surface area contributed by atoms with E-state index in [0.29, 0.717) is 21.6 Å². The number of hydrogen-bond acceptors (Lipinski definition) is 12. The minimum absolute atomic E-state index is 0.00899. The number of ether oxygens (including phenoxy) is 2. The maximum Gasteiger partial charge on any atom is 0.476 e. The maximum atomic E-state index is 15.5. The number of carbonyl (C=O) groups is 1. The standard InChI is InChI=1S/C23H26ClF2N3O11P2/c1-3-34-20(30)13(2)38-42(33)36-12-17-19(40-42)23(25,26)21(37-17)29-9-7-18(27-22(29)31)28-41(32)35-10-8-16(39-41)14-5-4-6-15(24)11-14/h4-7,9,11,13,16-17,19,21H,3,8,10,12H2,1-2H3,(H,27,28,31,32)/t13-,16?,17?,19-,21+,41?,42?/m0/s1. The van der Waals surface area contributed by atoms with E-state index in [4.69, 9.17) is 43.7 Å². The first-order valence-electron chi connectivity index (χ1n) is 12.7. The molecule has 7 atom stereocenters. The van der Waals surface area contributed by atoms with E-state index in [0.717, 1.165) is 12.3 Å². The summed E-state index contributed by atoms with van der Waals surface area (Å²) in [7, 11) is -8.65. The van der Waals surface area contributed by atoms with E-state index in [1.54, 1.807) is 24.3 Å². The van der Waals surface area contributed by atoms with Crippen molar-refractivity contribution in [2.75, 3.05) is 24.9 Å². The van der Waals surface area contributed by atoms with Crippen LogP contribution in [0.5, 0.6) is 0 Å². The van der Waals surface area contributed by atoms with Crippen molar-refractivity contribution < 1.29 is 54.8 Å². The molecule has 0 saturated carbocycles. The van der Waals surface area contributed by atoms with Gasteiger partial charge in [0.25, 0.3) is 0 Å². The summed E-state index contributed by atoms with van der Waals surface area (Å²) in [5.74, 6) is -5.09. The quantitative estimate of drug-likeness (QED) is 0.310. The lowest BCUT2D eigenvalue weighted by Crippen LogP contribution is -2.45. The SMILES string of the molecule is CCOC(=O)[C@H](C)OP1(=O)OCC2O[C@@H](n3ccc(NP4(=O)OCCC(c5cccc(Cl)c5)O4)nc3=O)C(F)(F)[C@H]2O1. The first-order chi connectivity index (χ1) is 19.8. The predicted octanol–water partition coefficient (Wildman–Crippen LogP) is 4.62. The number of nitrogens with one attached hydrogen (secondary N) is 1. The minimum atomic E-state index is -4.63. The molecule has 1 N–H and O–H groups in total. The average Bonchev–Trinajstić information content (AvgIpc) is 3.17. The van der Waals surface area contributed by atoms with E-state index in [1.165, 1.54) is 13.8 Å². The van der Waals surface area contributed by atoms with Crippen LogP contribution in [0.4, 0.5) is 14.6 Å². The summed E-state index contributed by atoms with van der Waals surface area (Å²) in [6, 6.07) is 7.88. The van der Waals surface area contributed by atoms with Gasteiger partial charge < -0.3 is 9.47 Å².